The summed E-state index contributed by atoms with van der Waals surface area (Å²) in [4.78, 5) is 13.5. The van der Waals surface area contributed by atoms with Gasteiger partial charge < -0.3 is 19.0 Å². The van der Waals surface area contributed by atoms with Crippen LogP contribution in [0.3, 0.4) is 0 Å². The lowest BCUT2D eigenvalue weighted by Gasteiger charge is -2.35. The van der Waals surface area contributed by atoms with Gasteiger partial charge in [-0.15, -0.1) is 21.5 Å². The third kappa shape index (κ3) is 8.07. The number of piperidine rings is 1. The van der Waals surface area contributed by atoms with Crippen LogP contribution in [0.2, 0.25) is 0 Å². The van der Waals surface area contributed by atoms with Gasteiger partial charge in [0.1, 0.15) is 47.0 Å². The van der Waals surface area contributed by atoms with E-state index in [1.807, 2.05) is 19.1 Å². The number of phenolic OH excluding ortho intramolecular Hbond substituents is 1. The molecule has 1 aliphatic carbocycles. The van der Waals surface area contributed by atoms with Crippen molar-refractivity contribution in [3.63, 3.8) is 0 Å². The van der Waals surface area contributed by atoms with Gasteiger partial charge in [-0.05, 0) is 148 Å². The molecule has 0 radical (unpaired) electrons. The second-order valence-corrected chi connectivity index (χ2v) is 18.2. The Bertz CT molecular complexity index is 2660. The molecule has 0 amide bonds. The molecule has 1 N–H and O–H groups in total. The molecule has 5 heterocycles. The Hall–Kier alpha value is -6.04. The summed E-state index contributed by atoms with van der Waals surface area (Å²) in [5, 5.41) is 20.4. The maximum absolute atomic E-state index is 10.2. The van der Waals surface area contributed by atoms with Crippen molar-refractivity contribution < 1.29 is 19.0 Å². The molecule has 11 heteroatoms. The van der Waals surface area contributed by atoms with Gasteiger partial charge >= 0.3 is 0 Å². The number of hydrogen-bond acceptors (Lipinski definition) is 10. The fourth-order valence-corrected chi connectivity index (χ4v) is 10.9. The molecule has 1 fully saturated rings. The van der Waals surface area contributed by atoms with Crippen LogP contribution in [0, 0.1) is 26.7 Å². The summed E-state index contributed by atoms with van der Waals surface area (Å²) in [6, 6.07) is 33.6. The van der Waals surface area contributed by atoms with Crippen LogP contribution >= 0.6 is 11.3 Å². The van der Waals surface area contributed by atoms with Crippen molar-refractivity contribution in [2.75, 3.05) is 32.8 Å². The topological polar surface area (TPSA) is 111 Å². The molecule has 0 spiro atoms. The van der Waals surface area contributed by atoms with Crippen LogP contribution in [0.1, 0.15) is 98.5 Å². The minimum atomic E-state index is -0.304. The van der Waals surface area contributed by atoms with Crippen molar-refractivity contribution in [3.8, 4) is 22.2 Å². The second-order valence-electron chi connectivity index (χ2n) is 17.0. The van der Waals surface area contributed by atoms with E-state index in [-0.39, 0.29) is 12.0 Å². The summed E-state index contributed by atoms with van der Waals surface area (Å²) in [6.45, 7) is 10.7. The van der Waals surface area contributed by atoms with Crippen molar-refractivity contribution in [2.24, 2.45) is 10.9 Å². The summed E-state index contributed by atoms with van der Waals surface area (Å²) >= 11 is 1.76. The number of oxazole rings is 1. The number of nitrogens with zero attached hydrogens (tertiary/aromatic N) is 6. The lowest BCUT2D eigenvalue weighted by atomic mass is 9.69. The zero-order valence-electron chi connectivity index (χ0n) is 35.5. The molecule has 0 unspecified atom stereocenters. The third-order valence-electron chi connectivity index (χ3n) is 13.1. The maximum Gasteiger partial charge on any atom is 0.196 e. The van der Waals surface area contributed by atoms with E-state index in [1.165, 1.54) is 32.7 Å². The first-order valence-electron chi connectivity index (χ1n) is 21.9. The average molecular weight is 845 g/mol. The van der Waals surface area contributed by atoms with Crippen molar-refractivity contribution in [2.45, 2.75) is 70.8 Å². The van der Waals surface area contributed by atoms with E-state index in [4.69, 9.17) is 18.9 Å². The van der Waals surface area contributed by atoms with Gasteiger partial charge in [0.25, 0.3) is 0 Å². The van der Waals surface area contributed by atoms with E-state index < -0.39 is 0 Å². The van der Waals surface area contributed by atoms with Gasteiger partial charge in [-0.25, -0.2) is 4.98 Å². The lowest BCUT2D eigenvalue weighted by Crippen LogP contribution is -2.37. The van der Waals surface area contributed by atoms with Gasteiger partial charge in [0.05, 0.1) is 24.9 Å². The molecule has 3 aromatic heterocycles. The summed E-state index contributed by atoms with van der Waals surface area (Å²) < 4.78 is 20.5. The highest BCUT2D eigenvalue weighted by molar-refractivity contribution is 7.15. The van der Waals surface area contributed by atoms with Gasteiger partial charge in [-0.1, -0.05) is 48.5 Å². The Morgan fingerprint density at radius 2 is 1.61 bits per heavy atom. The lowest BCUT2D eigenvalue weighted by molar-refractivity contribution is 0.126. The van der Waals surface area contributed by atoms with Gasteiger partial charge in [0, 0.05) is 28.5 Å². The number of thiophene rings is 1. The van der Waals surface area contributed by atoms with Gasteiger partial charge in [0.15, 0.2) is 11.7 Å². The number of aromatic nitrogens is 4. The second kappa shape index (κ2) is 17.4. The highest BCUT2D eigenvalue weighted by atomic mass is 32.1. The van der Waals surface area contributed by atoms with Crippen LogP contribution in [0.4, 0.5) is 0 Å². The number of hydrogen-bond donors (Lipinski definition) is 1. The molecule has 316 valence electrons. The predicted octanol–water partition coefficient (Wildman–Crippen LogP) is 10.1. The number of phenols is 1. The Morgan fingerprint density at radius 1 is 0.839 bits per heavy atom. The van der Waals surface area contributed by atoms with E-state index in [0.717, 1.165) is 90.3 Å². The molecule has 7 aromatic rings. The number of aryl methyl sites for hydroxylation is 3. The first-order chi connectivity index (χ1) is 30.4. The molecule has 3 atom stereocenters. The van der Waals surface area contributed by atoms with Gasteiger partial charge in [-0.3, -0.25) is 14.5 Å². The minimum Gasteiger partial charge on any atom is -0.508 e. The predicted molar refractivity (Wildman–Crippen MR) is 243 cm³/mol. The number of aliphatic imine (C=N–C) groups is 1. The van der Waals surface area contributed by atoms with E-state index in [0.29, 0.717) is 43.1 Å². The van der Waals surface area contributed by atoms with Crippen LogP contribution in [0.5, 0.6) is 17.2 Å². The van der Waals surface area contributed by atoms with Crippen molar-refractivity contribution >= 4 is 17.0 Å². The normalized spacial score (nSPS) is 19.0. The Morgan fingerprint density at radius 3 is 2.39 bits per heavy atom. The molecule has 4 aromatic carbocycles. The molecular weight excluding hydrogens is 793 g/mol. The molecule has 10 nitrogen and oxygen atoms in total. The highest BCUT2D eigenvalue weighted by Crippen LogP contribution is 2.47. The zero-order valence-corrected chi connectivity index (χ0v) is 36.4. The zero-order chi connectivity index (χ0) is 42.2. The number of fused-ring (bicyclic) bond motifs is 4. The van der Waals surface area contributed by atoms with Crippen LogP contribution < -0.4 is 9.47 Å². The fourth-order valence-electron chi connectivity index (χ4n) is 9.69. The smallest absolute Gasteiger partial charge is 0.196 e. The van der Waals surface area contributed by atoms with Crippen molar-refractivity contribution in [3.05, 3.63) is 171 Å². The number of ether oxygens (including phenoxy) is 2. The van der Waals surface area contributed by atoms with E-state index >= 15 is 0 Å². The van der Waals surface area contributed by atoms with Crippen LogP contribution in [-0.4, -0.2) is 68.3 Å². The van der Waals surface area contributed by atoms with Gasteiger partial charge in [0.2, 0.25) is 0 Å². The van der Waals surface area contributed by atoms with Crippen molar-refractivity contribution in [1.82, 2.24) is 24.6 Å². The Balaban J connectivity index is 0.733. The first kappa shape index (κ1) is 40.1. The Kier molecular flexibility index (Phi) is 11.2. The third-order valence-corrected chi connectivity index (χ3v) is 14.3. The van der Waals surface area contributed by atoms with Crippen molar-refractivity contribution in [1.29, 1.82) is 0 Å². The van der Waals surface area contributed by atoms with Gasteiger partial charge in [-0.2, -0.15) is 0 Å². The molecule has 10 rings (SSSR count). The number of likely N-dealkylation sites (tertiary alicyclic amines) is 1. The van der Waals surface area contributed by atoms with E-state index in [1.54, 1.807) is 23.8 Å². The van der Waals surface area contributed by atoms with Crippen LogP contribution in [0.25, 0.3) is 5.00 Å². The standard InChI is InChI=1S/C51H52N6O4S/c1-32-33(2)62-51-47(32)49(53-45(30-46-52-23-27-60-46)50-55-54-34(3)57(50)51)38-11-17-42(18-12-38)61-31-35-21-24-56(25-22-35)26-28-59-41-15-9-37(10-16-41)48-43(36-7-5-4-6-8-36)19-13-39-29-40(58)14-20-44(39)48/h4-12,14-18,20,23,27,29,35,43,45,48,58H,13,19,21-22,24-26,28,30-31H2,1-3H3/t43-,45-,48+/m0/s1. The van der Waals surface area contributed by atoms with E-state index in [2.05, 4.69) is 123 Å². The first-order valence-corrected chi connectivity index (χ1v) is 22.7. The molecule has 62 heavy (non-hydrogen) atoms. The molecular formula is C51H52N6O4S. The SMILES string of the molecule is Cc1sc2c(c1C)C(c1ccc(OCC3CCN(CCOc4ccc([C@H]5c6ccc(O)cc6CC[C@H]5c5ccccc5)cc4)CC3)cc1)=N[C@@H](Cc1ncco1)c1nnc(C)n1-2. The average Bonchev–Trinajstić information content (AvgIpc) is 4.01. The summed E-state index contributed by atoms with van der Waals surface area (Å²) in [5.41, 5.74) is 9.51. The summed E-state index contributed by atoms with van der Waals surface area (Å²) in [6.07, 6.45) is 7.97. The largest absolute Gasteiger partial charge is 0.508 e. The molecule has 3 aliphatic rings. The summed E-state index contributed by atoms with van der Waals surface area (Å²) in [5.74, 6) is 5.48. The number of rotatable bonds is 12. The fraction of sp³-hybridized carbons (Fsp3) is 0.333. The summed E-state index contributed by atoms with van der Waals surface area (Å²) in [7, 11) is 0. The highest BCUT2D eigenvalue weighted by Gasteiger charge is 2.34. The van der Waals surface area contributed by atoms with Crippen LogP contribution in [0.15, 0.2) is 119 Å². The molecule has 0 bridgehead atoms. The number of benzene rings is 4. The molecule has 0 saturated carbocycles. The molecule has 2 aliphatic heterocycles. The number of aromatic hydroxyl groups is 1. The maximum atomic E-state index is 10.2. The monoisotopic (exact) mass is 844 g/mol. The minimum absolute atomic E-state index is 0.227. The van der Waals surface area contributed by atoms with Crippen LogP contribution in [-0.2, 0) is 12.8 Å². The Labute approximate surface area is 366 Å². The molecule has 1 saturated heterocycles. The van der Waals surface area contributed by atoms with E-state index in [9.17, 15) is 5.11 Å². The quantitative estimate of drug-likeness (QED) is 0.129.